The Morgan fingerprint density at radius 3 is 2.20 bits per heavy atom. The summed E-state index contributed by atoms with van der Waals surface area (Å²) >= 11 is 6.33. The van der Waals surface area contributed by atoms with Crippen molar-refractivity contribution in [3.63, 3.8) is 0 Å². The van der Waals surface area contributed by atoms with Gasteiger partial charge in [0.15, 0.2) is 0 Å². The molecule has 1 rings (SSSR count). The van der Waals surface area contributed by atoms with Crippen molar-refractivity contribution in [2.24, 2.45) is 0 Å². The van der Waals surface area contributed by atoms with Crippen LogP contribution in [-0.4, -0.2) is 0 Å². The minimum Gasteiger partial charge on any atom is -0.872 e. The molecule has 0 atom stereocenters. The van der Waals surface area contributed by atoms with E-state index in [0.717, 1.165) is 4.47 Å². The molecule has 0 N–H and O–H groups in total. The van der Waals surface area contributed by atoms with Crippen LogP contribution in [0.1, 0.15) is 0 Å². The van der Waals surface area contributed by atoms with Crippen LogP contribution in [0.3, 0.4) is 0 Å². The van der Waals surface area contributed by atoms with Gasteiger partial charge in [0.25, 0.3) is 0 Å². The summed E-state index contributed by atoms with van der Waals surface area (Å²) in [7, 11) is 0. The molecule has 0 saturated heterocycles. The van der Waals surface area contributed by atoms with Crippen LogP contribution in [-0.2, 0) is 0 Å². The maximum atomic E-state index is 10.7. The van der Waals surface area contributed by atoms with Crippen molar-refractivity contribution in [3.8, 4) is 5.75 Å². The van der Waals surface area contributed by atoms with E-state index >= 15 is 0 Å². The molecule has 0 radical (unpaired) electrons. The van der Waals surface area contributed by atoms with Gasteiger partial charge in [0.2, 0.25) is 0 Å². The van der Waals surface area contributed by atoms with Gasteiger partial charge in [-0.2, -0.15) is 0 Å². The van der Waals surface area contributed by atoms with E-state index in [1.807, 2.05) is 0 Å². The van der Waals surface area contributed by atoms with Crippen molar-refractivity contribution in [2.45, 2.75) is 0 Å². The quantitative estimate of drug-likeness (QED) is 0.564. The van der Waals surface area contributed by atoms with E-state index in [2.05, 4.69) is 31.9 Å². The Bertz CT molecular complexity index is 227. The predicted molar refractivity (Wildman–Crippen MR) is 41.3 cm³/mol. The molecule has 0 heterocycles. The van der Waals surface area contributed by atoms with E-state index in [0.29, 0.717) is 4.47 Å². The van der Waals surface area contributed by atoms with Crippen LogP contribution in [0, 0.1) is 0 Å². The van der Waals surface area contributed by atoms with Crippen molar-refractivity contribution >= 4 is 31.9 Å². The van der Waals surface area contributed by atoms with Crippen LogP contribution in [0.15, 0.2) is 27.1 Å². The number of hydrogen-bond acceptors (Lipinski definition) is 1. The summed E-state index contributed by atoms with van der Waals surface area (Å²) in [6, 6.07) is 4.95. The standard InChI is InChI=1S/C6H4Br2O.Li/c7-4-1-2-6(9)5(8)3-4;/h1-3,9H;/q;+1/p-1. The van der Waals surface area contributed by atoms with Crippen LogP contribution < -0.4 is 24.0 Å². The maximum absolute atomic E-state index is 10.7. The van der Waals surface area contributed by atoms with Crippen LogP contribution in [0.4, 0.5) is 0 Å². The minimum atomic E-state index is 0. The zero-order valence-electron chi connectivity index (χ0n) is 5.40. The SMILES string of the molecule is [Li+].[O-]c1ccc(Br)cc1Br. The second-order valence-corrected chi connectivity index (χ2v) is 3.34. The Kier molecular flexibility index (Phi) is 4.71. The van der Waals surface area contributed by atoms with Gasteiger partial charge in [-0.15, -0.1) is 0 Å². The predicted octanol–water partition coefficient (Wildman–Crippen LogP) is -0.711. The Balaban J connectivity index is 0.000000810. The van der Waals surface area contributed by atoms with Crippen molar-refractivity contribution in [2.75, 3.05) is 0 Å². The third-order valence-electron chi connectivity index (χ3n) is 0.894. The topological polar surface area (TPSA) is 23.1 Å². The fourth-order valence-corrected chi connectivity index (χ4v) is 1.52. The molecule has 0 spiro atoms. The molecule has 0 aliphatic heterocycles. The first-order valence-corrected chi connectivity index (χ1v) is 3.91. The Morgan fingerprint density at radius 2 is 1.80 bits per heavy atom. The van der Waals surface area contributed by atoms with Gasteiger partial charge in [-0.3, -0.25) is 0 Å². The van der Waals surface area contributed by atoms with E-state index in [1.165, 1.54) is 6.07 Å². The van der Waals surface area contributed by atoms with Gasteiger partial charge in [-0.05, 0) is 12.1 Å². The van der Waals surface area contributed by atoms with E-state index in [4.69, 9.17) is 0 Å². The molecular formula is C6H3Br2LiO. The van der Waals surface area contributed by atoms with E-state index < -0.39 is 0 Å². The second-order valence-electron chi connectivity index (χ2n) is 1.57. The van der Waals surface area contributed by atoms with Crippen LogP contribution in [0.25, 0.3) is 0 Å². The maximum Gasteiger partial charge on any atom is 1.00 e. The summed E-state index contributed by atoms with van der Waals surface area (Å²) in [5, 5.41) is 10.7. The van der Waals surface area contributed by atoms with Gasteiger partial charge in [0.1, 0.15) is 0 Å². The third kappa shape index (κ3) is 2.67. The zero-order chi connectivity index (χ0) is 6.85. The van der Waals surface area contributed by atoms with E-state index in [-0.39, 0.29) is 24.6 Å². The first-order valence-electron chi connectivity index (χ1n) is 2.32. The van der Waals surface area contributed by atoms with E-state index in [1.54, 1.807) is 12.1 Å². The zero-order valence-corrected chi connectivity index (χ0v) is 8.57. The summed E-state index contributed by atoms with van der Waals surface area (Å²) in [6.45, 7) is 0. The Labute approximate surface area is 88.3 Å². The van der Waals surface area contributed by atoms with Crippen molar-refractivity contribution < 1.29 is 24.0 Å². The molecule has 1 aromatic rings. The van der Waals surface area contributed by atoms with Gasteiger partial charge >= 0.3 is 18.9 Å². The molecule has 1 aromatic carbocycles. The first kappa shape index (κ1) is 10.6. The smallest absolute Gasteiger partial charge is 0.872 e. The van der Waals surface area contributed by atoms with Crippen LogP contribution in [0.5, 0.6) is 5.75 Å². The van der Waals surface area contributed by atoms with Crippen molar-refractivity contribution in [1.29, 1.82) is 0 Å². The van der Waals surface area contributed by atoms with E-state index in [9.17, 15) is 5.11 Å². The molecule has 10 heavy (non-hydrogen) atoms. The van der Waals surface area contributed by atoms with Gasteiger partial charge in [-0.1, -0.05) is 43.7 Å². The van der Waals surface area contributed by atoms with Gasteiger partial charge < -0.3 is 5.11 Å². The van der Waals surface area contributed by atoms with Crippen molar-refractivity contribution in [3.05, 3.63) is 27.1 Å². The van der Waals surface area contributed by atoms with Gasteiger partial charge in [0.05, 0.1) is 0 Å². The molecule has 4 heteroatoms. The monoisotopic (exact) mass is 256 g/mol. The molecule has 0 fully saturated rings. The molecule has 0 aliphatic rings. The normalized spacial score (nSPS) is 8.60. The van der Waals surface area contributed by atoms with Crippen LogP contribution >= 0.6 is 31.9 Å². The number of halogens is 2. The van der Waals surface area contributed by atoms with Gasteiger partial charge in [-0.25, -0.2) is 0 Å². The number of benzene rings is 1. The summed E-state index contributed by atoms with van der Waals surface area (Å²) < 4.78 is 1.51. The molecule has 0 aromatic heterocycles. The molecule has 0 saturated carbocycles. The fourth-order valence-electron chi connectivity index (χ4n) is 0.475. The summed E-state index contributed by atoms with van der Waals surface area (Å²) in [5.74, 6) is 0.0122. The average molecular weight is 258 g/mol. The third-order valence-corrected chi connectivity index (χ3v) is 2.01. The molecule has 0 bridgehead atoms. The average Bonchev–Trinajstić information content (AvgIpc) is 1.80. The molecular weight excluding hydrogens is 255 g/mol. The summed E-state index contributed by atoms with van der Waals surface area (Å²) in [4.78, 5) is 0. The number of hydrogen-bond donors (Lipinski definition) is 0. The molecule has 0 amide bonds. The first-order chi connectivity index (χ1) is 4.20. The number of rotatable bonds is 0. The molecule has 0 aliphatic carbocycles. The van der Waals surface area contributed by atoms with Gasteiger partial charge in [0, 0.05) is 8.95 Å². The van der Waals surface area contributed by atoms with Crippen LogP contribution in [0.2, 0.25) is 0 Å². The largest absolute Gasteiger partial charge is 1.00 e. The molecule has 0 unspecified atom stereocenters. The summed E-state index contributed by atoms with van der Waals surface area (Å²) in [6.07, 6.45) is 0. The van der Waals surface area contributed by atoms with Crippen molar-refractivity contribution in [1.82, 2.24) is 0 Å². The Morgan fingerprint density at radius 1 is 1.20 bits per heavy atom. The minimum absolute atomic E-state index is 0. The second kappa shape index (κ2) is 4.45. The summed E-state index contributed by atoms with van der Waals surface area (Å²) in [5.41, 5.74) is 0. The molecule has 48 valence electrons. The fraction of sp³-hybridized carbons (Fsp3) is 0. The molecule has 1 nitrogen and oxygen atoms in total. The Hall–Kier alpha value is 0.577.